The summed E-state index contributed by atoms with van der Waals surface area (Å²) in [6.45, 7) is 11.3. The zero-order valence-electron chi connectivity index (χ0n) is 10.6. The van der Waals surface area contributed by atoms with Crippen LogP contribution in [-0.2, 0) is 0 Å². The second-order valence-electron chi connectivity index (χ2n) is 4.65. The van der Waals surface area contributed by atoms with Gasteiger partial charge in [-0.1, -0.05) is 26.3 Å². The molecule has 0 aliphatic heterocycles. The van der Waals surface area contributed by atoms with Crippen LogP contribution in [0.3, 0.4) is 0 Å². The summed E-state index contributed by atoms with van der Waals surface area (Å²) in [7, 11) is 2.88. The molecule has 2 unspecified atom stereocenters. The van der Waals surface area contributed by atoms with E-state index < -0.39 is 0 Å². The number of aryl methyl sites for hydroxylation is 2. The van der Waals surface area contributed by atoms with Crippen molar-refractivity contribution in [2.45, 2.75) is 53.4 Å². The lowest BCUT2D eigenvalue weighted by atomic mass is 9.88. The van der Waals surface area contributed by atoms with E-state index in [-0.39, 0.29) is 0 Å². The highest BCUT2D eigenvalue weighted by Crippen LogP contribution is 2.28. The van der Waals surface area contributed by atoms with Crippen molar-refractivity contribution in [1.82, 2.24) is 0 Å². The Kier molecular flexibility index (Phi) is 4.34. The highest BCUT2D eigenvalue weighted by Gasteiger charge is 2.13. The van der Waals surface area contributed by atoms with Crippen molar-refractivity contribution >= 4 is 14.5 Å². The summed E-state index contributed by atoms with van der Waals surface area (Å²) >= 11 is 0. The summed E-state index contributed by atoms with van der Waals surface area (Å²) in [4.78, 5) is 0. The fraction of sp³-hybridized carbons (Fsp3) is 0.571. The molecule has 1 heteroatoms. The summed E-state index contributed by atoms with van der Waals surface area (Å²) in [5, 5.41) is 1.39. The molecule has 0 aliphatic carbocycles. The molecule has 0 fully saturated rings. The van der Waals surface area contributed by atoms with E-state index in [9.17, 15) is 0 Å². The minimum Gasteiger partial charge on any atom is -0.105 e. The Bertz CT molecular complexity index is 353. The van der Waals surface area contributed by atoms with Crippen LogP contribution in [0, 0.1) is 20.8 Å². The molecule has 0 heterocycles. The molecule has 0 N–H and O–H groups in total. The van der Waals surface area contributed by atoms with Gasteiger partial charge in [0.15, 0.2) is 0 Å². The van der Waals surface area contributed by atoms with E-state index in [1.54, 1.807) is 5.56 Å². The molecular weight excluding hydrogens is 199 g/mol. The van der Waals surface area contributed by atoms with Crippen LogP contribution in [-0.4, -0.2) is 0 Å². The van der Waals surface area contributed by atoms with Crippen molar-refractivity contribution in [3.05, 3.63) is 28.3 Å². The van der Waals surface area contributed by atoms with E-state index >= 15 is 0 Å². The molecular formula is C14H23P. The van der Waals surface area contributed by atoms with E-state index in [0.717, 1.165) is 0 Å². The molecule has 1 rings (SSSR count). The molecule has 0 nitrogen and oxygen atoms in total. The van der Waals surface area contributed by atoms with Gasteiger partial charge < -0.3 is 0 Å². The Hall–Kier alpha value is -0.350. The van der Waals surface area contributed by atoms with E-state index in [1.807, 2.05) is 0 Å². The van der Waals surface area contributed by atoms with Crippen LogP contribution in [0.1, 0.15) is 54.9 Å². The number of hydrogen-bond donors (Lipinski definition) is 0. The maximum atomic E-state index is 2.88. The van der Waals surface area contributed by atoms with Crippen LogP contribution in [0.25, 0.3) is 0 Å². The zero-order chi connectivity index (χ0) is 11.6. The molecule has 0 aromatic heterocycles. The number of rotatable bonds is 3. The lowest BCUT2D eigenvalue weighted by Gasteiger charge is -2.20. The number of hydrogen-bond acceptors (Lipinski definition) is 0. The average molecular weight is 222 g/mol. The van der Waals surface area contributed by atoms with E-state index in [1.165, 1.54) is 34.8 Å². The Labute approximate surface area is 96.7 Å². The second-order valence-corrected chi connectivity index (χ2v) is 5.23. The third-order valence-corrected chi connectivity index (χ3v) is 4.19. The van der Waals surface area contributed by atoms with Crippen molar-refractivity contribution in [2.75, 3.05) is 0 Å². The van der Waals surface area contributed by atoms with Crippen LogP contribution >= 0.6 is 9.24 Å². The minimum atomic E-state index is 0.690. The maximum absolute atomic E-state index is 2.88. The highest BCUT2D eigenvalue weighted by atomic mass is 31.0. The van der Waals surface area contributed by atoms with Crippen molar-refractivity contribution in [3.8, 4) is 0 Å². The predicted molar refractivity (Wildman–Crippen MR) is 73.3 cm³/mol. The normalized spacial score (nSPS) is 12.9. The standard InChI is InChI=1S/C14H23P/c1-6-7-9(2)13-10(3)8-11(4)14(15)12(13)5/h8-9H,6-7,15H2,1-5H3. The topological polar surface area (TPSA) is 0 Å². The van der Waals surface area contributed by atoms with Gasteiger partial charge in [-0.15, -0.1) is 9.24 Å². The second kappa shape index (κ2) is 5.12. The maximum Gasteiger partial charge on any atom is -0.0185 e. The largest absolute Gasteiger partial charge is 0.105 e. The van der Waals surface area contributed by atoms with E-state index in [0.29, 0.717) is 5.92 Å². The van der Waals surface area contributed by atoms with Gasteiger partial charge in [0, 0.05) is 0 Å². The van der Waals surface area contributed by atoms with Gasteiger partial charge in [-0.25, -0.2) is 0 Å². The van der Waals surface area contributed by atoms with Gasteiger partial charge in [0.1, 0.15) is 0 Å². The summed E-state index contributed by atoms with van der Waals surface area (Å²) < 4.78 is 0. The molecule has 0 bridgehead atoms. The Morgan fingerprint density at radius 3 is 2.33 bits per heavy atom. The molecule has 1 aromatic rings. The molecule has 2 atom stereocenters. The fourth-order valence-corrected chi connectivity index (χ4v) is 2.79. The monoisotopic (exact) mass is 222 g/mol. The predicted octanol–water partition coefficient (Wildman–Crippen LogP) is 4.02. The third-order valence-electron chi connectivity index (χ3n) is 3.31. The minimum absolute atomic E-state index is 0.690. The Morgan fingerprint density at radius 2 is 1.80 bits per heavy atom. The smallest absolute Gasteiger partial charge is 0.0185 e. The SMILES string of the molecule is CCCC(C)c1c(C)cc(C)c(P)c1C. The summed E-state index contributed by atoms with van der Waals surface area (Å²) in [6, 6.07) is 2.32. The quantitative estimate of drug-likeness (QED) is 0.678. The van der Waals surface area contributed by atoms with Crippen LogP contribution in [0.2, 0.25) is 0 Å². The van der Waals surface area contributed by atoms with Crippen molar-refractivity contribution in [2.24, 2.45) is 0 Å². The highest BCUT2D eigenvalue weighted by molar-refractivity contribution is 7.27. The molecule has 0 spiro atoms. The van der Waals surface area contributed by atoms with Gasteiger partial charge in [-0.2, -0.15) is 0 Å². The summed E-state index contributed by atoms with van der Waals surface area (Å²) in [5.74, 6) is 0.690. The van der Waals surface area contributed by atoms with Crippen LogP contribution in [0.15, 0.2) is 6.07 Å². The van der Waals surface area contributed by atoms with Crippen molar-refractivity contribution < 1.29 is 0 Å². The van der Waals surface area contributed by atoms with Gasteiger partial charge in [0.05, 0.1) is 0 Å². The molecule has 15 heavy (non-hydrogen) atoms. The fourth-order valence-electron chi connectivity index (χ4n) is 2.55. The van der Waals surface area contributed by atoms with E-state index in [2.05, 4.69) is 49.9 Å². The van der Waals surface area contributed by atoms with E-state index in [4.69, 9.17) is 0 Å². The molecule has 0 aliphatic rings. The Morgan fingerprint density at radius 1 is 1.20 bits per heavy atom. The van der Waals surface area contributed by atoms with Crippen molar-refractivity contribution in [3.63, 3.8) is 0 Å². The molecule has 0 saturated heterocycles. The molecule has 1 aromatic carbocycles. The first-order valence-corrected chi connectivity index (χ1v) is 6.42. The first kappa shape index (κ1) is 12.7. The molecule has 0 saturated carbocycles. The van der Waals surface area contributed by atoms with Gasteiger partial charge in [-0.05, 0) is 60.7 Å². The molecule has 0 amide bonds. The lowest BCUT2D eigenvalue weighted by Crippen LogP contribution is -2.10. The van der Waals surface area contributed by atoms with Gasteiger partial charge in [0.25, 0.3) is 0 Å². The first-order chi connectivity index (χ1) is 6.99. The first-order valence-electron chi connectivity index (χ1n) is 5.85. The summed E-state index contributed by atoms with van der Waals surface area (Å²) in [6.07, 6.45) is 2.55. The van der Waals surface area contributed by atoms with Crippen LogP contribution < -0.4 is 5.30 Å². The van der Waals surface area contributed by atoms with Crippen LogP contribution in [0.5, 0.6) is 0 Å². The van der Waals surface area contributed by atoms with Crippen molar-refractivity contribution in [1.29, 1.82) is 0 Å². The Balaban J connectivity index is 3.23. The molecule has 84 valence electrons. The zero-order valence-corrected chi connectivity index (χ0v) is 11.8. The number of benzene rings is 1. The van der Waals surface area contributed by atoms with Gasteiger partial charge in [-0.3, -0.25) is 0 Å². The van der Waals surface area contributed by atoms with Gasteiger partial charge >= 0.3 is 0 Å². The third kappa shape index (κ3) is 2.61. The average Bonchev–Trinajstić information content (AvgIpc) is 2.15. The van der Waals surface area contributed by atoms with Gasteiger partial charge in [0.2, 0.25) is 0 Å². The molecule has 0 radical (unpaired) electrons. The summed E-state index contributed by atoms with van der Waals surface area (Å²) in [5.41, 5.74) is 5.88. The lowest BCUT2D eigenvalue weighted by molar-refractivity contribution is 0.658. The van der Waals surface area contributed by atoms with Crippen LogP contribution in [0.4, 0.5) is 0 Å².